The Morgan fingerprint density at radius 3 is 2.50 bits per heavy atom. The van der Waals surface area contributed by atoms with E-state index in [0.717, 1.165) is 16.8 Å². The lowest BCUT2D eigenvalue weighted by Crippen LogP contribution is -2.26. The number of benzene rings is 2. The van der Waals surface area contributed by atoms with Gasteiger partial charge in [-0.3, -0.25) is 4.79 Å². The van der Waals surface area contributed by atoms with Gasteiger partial charge in [0.1, 0.15) is 0 Å². The molecule has 0 radical (unpaired) electrons. The van der Waals surface area contributed by atoms with Gasteiger partial charge in [-0.2, -0.15) is 0 Å². The van der Waals surface area contributed by atoms with Gasteiger partial charge in [0.05, 0.1) is 5.56 Å². The molecule has 132 valence electrons. The van der Waals surface area contributed by atoms with Crippen molar-refractivity contribution in [3.05, 3.63) is 82.6 Å². The number of amides is 1. The van der Waals surface area contributed by atoms with Crippen molar-refractivity contribution in [1.82, 2.24) is 14.9 Å². The van der Waals surface area contributed by atoms with Gasteiger partial charge in [0.15, 0.2) is 0 Å². The second kappa shape index (κ2) is 7.97. The Kier molecular flexibility index (Phi) is 5.49. The Morgan fingerprint density at radius 1 is 1.12 bits per heavy atom. The zero-order chi connectivity index (χ0) is 18.5. The molecule has 1 N–H and O–H groups in total. The molecule has 0 fully saturated rings. The van der Waals surface area contributed by atoms with Crippen LogP contribution in [0.3, 0.4) is 0 Å². The first-order valence-corrected chi connectivity index (χ1v) is 8.55. The van der Waals surface area contributed by atoms with Crippen molar-refractivity contribution >= 4 is 29.1 Å². The molecule has 3 rings (SSSR count). The summed E-state index contributed by atoms with van der Waals surface area (Å²) in [6.45, 7) is 2.50. The maximum absolute atomic E-state index is 12.5. The summed E-state index contributed by atoms with van der Waals surface area (Å²) in [6, 6.07) is 15.4. The summed E-state index contributed by atoms with van der Waals surface area (Å²) in [4.78, 5) is 22.7. The van der Waals surface area contributed by atoms with Crippen LogP contribution < -0.4 is 5.32 Å². The molecule has 1 heterocycles. The molecule has 0 bridgehead atoms. The highest BCUT2D eigenvalue weighted by Gasteiger charge is 2.13. The summed E-state index contributed by atoms with van der Waals surface area (Å²) >= 11 is 6.02. The number of carbonyl (C=O) groups excluding carboxylic acids is 1. The fourth-order valence-corrected chi connectivity index (χ4v) is 2.67. The normalized spacial score (nSPS) is 10.4. The van der Waals surface area contributed by atoms with E-state index < -0.39 is 0 Å². The lowest BCUT2D eigenvalue weighted by Gasteiger charge is -2.17. The first kappa shape index (κ1) is 17.9. The standard InChI is InChI=1S/C20H19ClN4O/c1-14-8-9-17(21)10-18(14)24-20-22-11-16(12-23-20)19(26)25(2)13-15-6-4-3-5-7-15/h3-12H,13H2,1-2H3,(H,22,23,24). The van der Waals surface area contributed by atoms with Crippen LogP contribution in [0.4, 0.5) is 11.6 Å². The summed E-state index contributed by atoms with van der Waals surface area (Å²) in [5.41, 5.74) is 3.37. The molecule has 1 aromatic heterocycles. The molecular weight excluding hydrogens is 348 g/mol. The van der Waals surface area contributed by atoms with Crippen LogP contribution in [0.1, 0.15) is 21.5 Å². The van der Waals surface area contributed by atoms with Gasteiger partial charge in [0, 0.05) is 36.7 Å². The van der Waals surface area contributed by atoms with Gasteiger partial charge in [-0.1, -0.05) is 48.0 Å². The van der Waals surface area contributed by atoms with E-state index in [-0.39, 0.29) is 5.91 Å². The van der Waals surface area contributed by atoms with E-state index in [1.807, 2.05) is 55.5 Å². The van der Waals surface area contributed by atoms with Crippen molar-refractivity contribution in [2.45, 2.75) is 13.5 Å². The van der Waals surface area contributed by atoms with Crippen LogP contribution in [0.25, 0.3) is 0 Å². The van der Waals surface area contributed by atoms with Crippen molar-refractivity contribution in [1.29, 1.82) is 0 Å². The summed E-state index contributed by atoms with van der Waals surface area (Å²) in [5.74, 6) is 0.289. The quantitative estimate of drug-likeness (QED) is 0.724. The van der Waals surface area contributed by atoms with Crippen LogP contribution in [0, 0.1) is 6.92 Å². The lowest BCUT2D eigenvalue weighted by molar-refractivity contribution is 0.0784. The molecule has 0 atom stereocenters. The summed E-state index contributed by atoms with van der Waals surface area (Å²) < 4.78 is 0. The average molecular weight is 367 g/mol. The van der Waals surface area contributed by atoms with Gasteiger partial charge in [-0.25, -0.2) is 9.97 Å². The number of hydrogen-bond acceptors (Lipinski definition) is 4. The Bertz CT molecular complexity index is 897. The van der Waals surface area contributed by atoms with E-state index in [9.17, 15) is 4.79 Å². The van der Waals surface area contributed by atoms with Crippen LogP contribution in [-0.2, 0) is 6.54 Å². The van der Waals surface area contributed by atoms with Crippen LogP contribution in [0.5, 0.6) is 0 Å². The van der Waals surface area contributed by atoms with Crippen LogP contribution in [-0.4, -0.2) is 27.8 Å². The summed E-state index contributed by atoms with van der Waals surface area (Å²) in [5, 5.41) is 3.75. The molecule has 26 heavy (non-hydrogen) atoms. The van der Waals surface area contributed by atoms with E-state index in [2.05, 4.69) is 15.3 Å². The first-order chi connectivity index (χ1) is 12.5. The molecule has 0 saturated heterocycles. The van der Waals surface area contributed by atoms with E-state index in [4.69, 9.17) is 11.6 Å². The molecule has 5 nitrogen and oxygen atoms in total. The zero-order valence-electron chi connectivity index (χ0n) is 14.6. The second-order valence-corrected chi connectivity index (χ2v) is 6.46. The third-order valence-electron chi connectivity index (χ3n) is 3.95. The predicted octanol–water partition coefficient (Wildman–Crippen LogP) is 4.45. The van der Waals surface area contributed by atoms with Crippen LogP contribution in [0.15, 0.2) is 60.9 Å². The predicted molar refractivity (Wildman–Crippen MR) is 104 cm³/mol. The number of halogens is 1. The van der Waals surface area contributed by atoms with Crippen molar-refractivity contribution < 1.29 is 4.79 Å². The minimum Gasteiger partial charge on any atom is -0.337 e. The number of nitrogens with zero attached hydrogens (tertiary/aromatic N) is 3. The number of hydrogen-bond donors (Lipinski definition) is 1. The van der Waals surface area contributed by atoms with E-state index in [1.165, 1.54) is 12.4 Å². The summed E-state index contributed by atoms with van der Waals surface area (Å²) in [6.07, 6.45) is 3.05. The topological polar surface area (TPSA) is 58.1 Å². The fourth-order valence-electron chi connectivity index (χ4n) is 2.50. The van der Waals surface area contributed by atoms with Gasteiger partial charge in [-0.15, -0.1) is 0 Å². The molecule has 1 amide bonds. The third-order valence-corrected chi connectivity index (χ3v) is 4.19. The number of aromatic nitrogens is 2. The van der Waals surface area contributed by atoms with Crippen molar-refractivity contribution in [3.63, 3.8) is 0 Å². The highest BCUT2D eigenvalue weighted by molar-refractivity contribution is 6.30. The maximum atomic E-state index is 12.5. The number of rotatable bonds is 5. The highest BCUT2D eigenvalue weighted by atomic mass is 35.5. The Labute approximate surface area is 157 Å². The fraction of sp³-hybridized carbons (Fsp3) is 0.150. The molecule has 2 aromatic carbocycles. The van der Waals surface area contributed by atoms with Gasteiger partial charge in [0.2, 0.25) is 5.95 Å². The minimum atomic E-state index is -0.126. The number of carbonyl (C=O) groups is 1. The van der Waals surface area contributed by atoms with Crippen molar-refractivity contribution in [2.75, 3.05) is 12.4 Å². The second-order valence-electron chi connectivity index (χ2n) is 6.03. The molecule has 0 unspecified atom stereocenters. The van der Waals surface area contributed by atoms with Crippen molar-refractivity contribution in [2.24, 2.45) is 0 Å². The molecule has 6 heteroatoms. The van der Waals surface area contributed by atoms with E-state index in [1.54, 1.807) is 11.9 Å². The smallest absolute Gasteiger partial charge is 0.257 e. The Hall–Kier alpha value is -2.92. The molecule has 0 aliphatic carbocycles. The van der Waals surface area contributed by atoms with E-state index in [0.29, 0.717) is 23.1 Å². The molecule has 3 aromatic rings. The van der Waals surface area contributed by atoms with E-state index >= 15 is 0 Å². The maximum Gasteiger partial charge on any atom is 0.257 e. The molecular formula is C20H19ClN4O. The van der Waals surface area contributed by atoms with Crippen LogP contribution >= 0.6 is 11.6 Å². The highest BCUT2D eigenvalue weighted by Crippen LogP contribution is 2.22. The van der Waals surface area contributed by atoms with Gasteiger partial charge < -0.3 is 10.2 Å². The summed E-state index contributed by atoms with van der Waals surface area (Å²) in [7, 11) is 1.76. The van der Waals surface area contributed by atoms with Gasteiger partial charge >= 0.3 is 0 Å². The Morgan fingerprint density at radius 2 is 1.81 bits per heavy atom. The number of aryl methyl sites for hydroxylation is 1. The Balaban J connectivity index is 1.68. The van der Waals surface area contributed by atoms with Crippen LogP contribution in [0.2, 0.25) is 5.02 Å². The monoisotopic (exact) mass is 366 g/mol. The lowest BCUT2D eigenvalue weighted by atomic mass is 10.2. The average Bonchev–Trinajstić information content (AvgIpc) is 2.65. The zero-order valence-corrected chi connectivity index (χ0v) is 15.4. The van der Waals surface area contributed by atoms with Gasteiger partial charge in [-0.05, 0) is 30.2 Å². The third kappa shape index (κ3) is 4.37. The molecule has 0 spiro atoms. The molecule has 0 aliphatic rings. The largest absolute Gasteiger partial charge is 0.337 e. The number of anilines is 2. The number of nitrogens with one attached hydrogen (secondary N) is 1. The van der Waals surface area contributed by atoms with Gasteiger partial charge in [0.25, 0.3) is 5.91 Å². The SMILES string of the molecule is Cc1ccc(Cl)cc1Nc1ncc(C(=O)N(C)Cc2ccccc2)cn1. The molecule has 0 aliphatic heterocycles. The first-order valence-electron chi connectivity index (χ1n) is 8.17. The van der Waals surface area contributed by atoms with Crippen molar-refractivity contribution in [3.8, 4) is 0 Å². The minimum absolute atomic E-state index is 0.126. The molecule has 0 saturated carbocycles.